The van der Waals surface area contributed by atoms with Gasteiger partial charge in [0.25, 0.3) is 0 Å². The van der Waals surface area contributed by atoms with Crippen LogP contribution in [-0.4, -0.2) is 21.5 Å². The molecule has 0 unspecified atom stereocenters. The first-order valence-corrected chi connectivity index (χ1v) is 5.34. The Morgan fingerprint density at radius 3 is 2.64 bits per heavy atom. The molecule has 0 saturated heterocycles. The summed E-state index contributed by atoms with van der Waals surface area (Å²) in [7, 11) is 0. The lowest BCUT2D eigenvalue weighted by Gasteiger charge is -2.02. The average molecular weight is 196 g/mol. The number of rotatable bonds is 5. The van der Waals surface area contributed by atoms with E-state index in [-0.39, 0.29) is 6.61 Å². The minimum atomic E-state index is 0.162. The molecule has 0 aliphatic heterocycles. The van der Waals surface area contributed by atoms with Crippen molar-refractivity contribution >= 4 is 0 Å². The van der Waals surface area contributed by atoms with Crippen molar-refractivity contribution in [1.29, 1.82) is 0 Å². The van der Waals surface area contributed by atoms with Gasteiger partial charge in [0.15, 0.2) is 0 Å². The lowest BCUT2D eigenvalue weighted by molar-refractivity contribution is 0.268. The third-order valence-electron chi connectivity index (χ3n) is 2.62. The van der Waals surface area contributed by atoms with Crippen LogP contribution in [0.25, 0.3) is 0 Å². The molecule has 0 aliphatic carbocycles. The molecular weight excluding hydrogens is 176 g/mol. The minimum Gasteiger partial charge on any atom is -0.394 e. The van der Waals surface area contributed by atoms with Gasteiger partial charge in [-0.1, -0.05) is 13.3 Å². The van der Waals surface area contributed by atoms with Crippen molar-refractivity contribution < 1.29 is 5.11 Å². The number of aryl methyl sites for hydroxylation is 1. The van der Waals surface area contributed by atoms with Gasteiger partial charge in [0, 0.05) is 5.69 Å². The van der Waals surface area contributed by atoms with Gasteiger partial charge in [-0.15, -0.1) is 0 Å². The molecule has 3 nitrogen and oxygen atoms in total. The summed E-state index contributed by atoms with van der Waals surface area (Å²) in [5, 5.41) is 13.3. The third-order valence-corrected chi connectivity index (χ3v) is 2.62. The topological polar surface area (TPSA) is 38.0 Å². The van der Waals surface area contributed by atoms with Gasteiger partial charge < -0.3 is 5.11 Å². The van der Waals surface area contributed by atoms with Gasteiger partial charge in [-0.3, -0.25) is 4.68 Å². The van der Waals surface area contributed by atoms with Crippen LogP contribution in [0.4, 0.5) is 0 Å². The molecule has 1 N–H and O–H groups in total. The van der Waals surface area contributed by atoms with Crippen molar-refractivity contribution in [2.45, 2.75) is 46.6 Å². The molecule has 14 heavy (non-hydrogen) atoms. The van der Waals surface area contributed by atoms with E-state index in [2.05, 4.69) is 18.9 Å². The molecule has 3 heteroatoms. The molecule has 0 saturated carbocycles. The Kier molecular flexibility index (Phi) is 4.14. The van der Waals surface area contributed by atoms with E-state index >= 15 is 0 Å². The van der Waals surface area contributed by atoms with E-state index in [0.29, 0.717) is 6.54 Å². The van der Waals surface area contributed by atoms with E-state index < -0.39 is 0 Å². The van der Waals surface area contributed by atoms with Crippen LogP contribution in [0.15, 0.2) is 0 Å². The van der Waals surface area contributed by atoms with Crippen molar-refractivity contribution in [3.05, 3.63) is 17.0 Å². The Bertz CT molecular complexity index is 292. The maximum atomic E-state index is 8.86. The summed E-state index contributed by atoms with van der Waals surface area (Å²) >= 11 is 0. The number of nitrogens with zero attached hydrogens (tertiary/aromatic N) is 2. The first-order valence-electron chi connectivity index (χ1n) is 5.34. The Hall–Kier alpha value is -0.830. The zero-order chi connectivity index (χ0) is 10.6. The second-order valence-electron chi connectivity index (χ2n) is 3.70. The van der Waals surface area contributed by atoms with Gasteiger partial charge in [-0.05, 0) is 32.3 Å². The average Bonchev–Trinajstić information content (AvgIpc) is 2.41. The lowest BCUT2D eigenvalue weighted by atomic mass is 10.1. The van der Waals surface area contributed by atoms with Gasteiger partial charge in [0.2, 0.25) is 0 Å². The Morgan fingerprint density at radius 1 is 1.36 bits per heavy atom. The fraction of sp³-hybridized carbons (Fsp3) is 0.727. The van der Waals surface area contributed by atoms with E-state index in [9.17, 15) is 0 Å². The predicted octanol–water partition coefficient (Wildman–Crippen LogP) is 1.83. The van der Waals surface area contributed by atoms with E-state index in [0.717, 1.165) is 12.1 Å². The molecule has 1 heterocycles. The summed E-state index contributed by atoms with van der Waals surface area (Å²) in [5.41, 5.74) is 3.69. The number of hydrogen-bond donors (Lipinski definition) is 1. The number of hydrogen-bond acceptors (Lipinski definition) is 2. The molecule has 0 amide bonds. The summed E-state index contributed by atoms with van der Waals surface area (Å²) in [6.07, 6.45) is 3.54. The monoisotopic (exact) mass is 196 g/mol. The molecular formula is C11H20N2O. The zero-order valence-corrected chi connectivity index (χ0v) is 9.38. The van der Waals surface area contributed by atoms with Crippen LogP contribution in [0.5, 0.6) is 0 Å². The summed E-state index contributed by atoms with van der Waals surface area (Å²) < 4.78 is 1.90. The number of aliphatic hydroxyl groups is 1. The van der Waals surface area contributed by atoms with Crippen LogP contribution in [0.2, 0.25) is 0 Å². The van der Waals surface area contributed by atoms with Gasteiger partial charge in [-0.2, -0.15) is 5.10 Å². The molecule has 0 bridgehead atoms. The van der Waals surface area contributed by atoms with Gasteiger partial charge in [0.1, 0.15) is 0 Å². The fourth-order valence-corrected chi connectivity index (χ4v) is 1.76. The van der Waals surface area contributed by atoms with Crippen molar-refractivity contribution in [3.63, 3.8) is 0 Å². The molecule has 1 aromatic heterocycles. The number of aliphatic hydroxyl groups excluding tert-OH is 1. The summed E-state index contributed by atoms with van der Waals surface area (Å²) in [4.78, 5) is 0. The van der Waals surface area contributed by atoms with Crippen molar-refractivity contribution in [1.82, 2.24) is 9.78 Å². The van der Waals surface area contributed by atoms with Gasteiger partial charge in [0.05, 0.1) is 18.8 Å². The minimum absolute atomic E-state index is 0.162. The third kappa shape index (κ3) is 2.35. The standard InChI is InChI=1S/C11H20N2O/c1-4-5-6-11-9(2)12-13(7-8-14)10(11)3/h14H,4-8H2,1-3H3. The number of aromatic nitrogens is 2. The second kappa shape index (κ2) is 5.15. The maximum Gasteiger partial charge on any atom is 0.0644 e. The van der Waals surface area contributed by atoms with Gasteiger partial charge in [-0.25, -0.2) is 0 Å². The van der Waals surface area contributed by atoms with Crippen LogP contribution in [0.1, 0.15) is 36.7 Å². The molecule has 0 radical (unpaired) electrons. The summed E-state index contributed by atoms with van der Waals surface area (Å²) in [6, 6.07) is 0. The summed E-state index contributed by atoms with van der Waals surface area (Å²) in [5.74, 6) is 0. The molecule has 0 atom stereocenters. The first kappa shape index (κ1) is 11.2. The van der Waals surface area contributed by atoms with Gasteiger partial charge >= 0.3 is 0 Å². The van der Waals surface area contributed by atoms with Crippen LogP contribution in [0, 0.1) is 13.8 Å². The highest BCUT2D eigenvalue weighted by Gasteiger charge is 2.09. The highest BCUT2D eigenvalue weighted by Crippen LogP contribution is 2.15. The van der Waals surface area contributed by atoms with E-state index in [1.54, 1.807) is 0 Å². The second-order valence-corrected chi connectivity index (χ2v) is 3.70. The Balaban J connectivity index is 2.81. The van der Waals surface area contributed by atoms with Crippen molar-refractivity contribution in [3.8, 4) is 0 Å². The smallest absolute Gasteiger partial charge is 0.0644 e. The highest BCUT2D eigenvalue weighted by atomic mass is 16.3. The van der Waals surface area contributed by atoms with Crippen LogP contribution < -0.4 is 0 Å². The molecule has 1 rings (SSSR count). The van der Waals surface area contributed by atoms with Crippen LogP contribution in [-0.2, 0) is 13.0 Å². The van der Waals surface area contributed by atoms with Crippen LogP contribution >= 0.6 is 0 Å². The van der Waals surface area contributed by atoms with Crippen molar-refractivity contribution in [2.24, 2.45) is 0 Å². The molecule has 0 aliphatic rings. The maximum absolute atomic E-state index is 8.86. The van der Waals surface area contributed by atoms with Crippen molar-refractivity contribution in [2.75, 3.05) is 6.61 Å². The largest absolute Gasteiger partial charge is 0.394 e. The van der Waals surface area contributed by atoms with Crippen LogP contribution in [0.3, 0.4) is 0 Å². The lowest BCUT2D eigenvalue weighted by Crippen LogP contribution is -2.06. The van der Waals surface area contributed by atoms with E-state index in [1.807, 2.05) is 11.6 Å². The Morgan fingerprint density at radius 2 is 2.07 bits per heavy atom. The zero-order valence-electron chi connectivity index (χ0n) is 9.38. The SMILES string of the molecule is CCCCc1c(C)nn(CCO)c1C. The number of unbranched alkanes of at least 4 members (excludes halogenated alkanes) is 1. The van der Waals surface area contributed by atoms with E-state index in [4.69, 9.17) is 5.11 Å². The normalized spacial score (nSPS) is 10.9. The van der Waals surface area contributed by atoms with E-state index in [1.165, 1.54) is 24.1 Å². The first-order chi connectivity index (χ1) is 6.70. The molecule has 1 aromatic rings. The summed E-state index contributed by atoms with van der Waals surface area (Å²) in [6.45, 7) is 7.10. The molecule has 0 fully saturated rings. The molecule has 0 spiro atoms. The molecule has 0 aromatic carbocycles. The highest BCUT2D eigenvalue weighted by molar-refractivity contribution is 5.24. The Labute approximate surface area is 85.8 Å². The molecule has 80 valence electrons. The fourth-order valence-electron chi connectivity index (χ4n) is 1.76. The predicted molar refractivity (Wildman–Crippen MR) is 57.4 cm³/mol. The quantitative estimate of drug-likeness (QED) is 0.780.